The van der Waals surface area contributed by atoms with Gasteiger partial charge in [-0.05, 0) is 0 Å². The first-order valence-corrected chi connectivity index (χ1v) is 4.12. The van der Waals surface area contributed by atoms with Gasteiger partial charge in [-0.1, -0.05) is 11.8 Å². The first kappa shape index (κ1) is 11.0. The fourth-order valence-electron chi connectivity index (χ4n) is 0.391. The Morgan fingerprint density at radius 1 is 1.42 bits per heavy atom. The normalized spacial score (nSPS) is 9.08. The Labute approximate surface area is 73.6 Å². The number of carbonyl (C=O) groups is 3. The highest BCUT2D eigenvalue weighted by molar-refractivity contribution is 8.15. The van der Waals surface area contributed by atoms with Crippen molar-refractivity contribution < 1.29 is 19.1 Å². The number of hydrogen-bond acceptors (Lipinski definition) is 5. The molecule has 0 aliphatic carbocycles. The lowest BCUT2D eigenvalue weighted by Gasteiger charge is -1.98. The van der Waals surface area contributed by atoms with E-state index in [0.717, 1.165) is 11.8 Å². The zero-order chi connectivity index (χ0) is 9.56. The molecule has 0 aliphatic rings. The topological polar surface area (TPSA) is 86.5 Å². The highest BCUT2D eigenvalue weighted by Crippen LogP contribution is 2.00. The summed E-state index contributed by atoms with van der Waals surface area (Å²) in [5.41, 5.74) is 4.66. The third kappa shape index (κ3) is 5.72. The van der Waals surface area contributed by atoms with E-state index in [-0.39, 0.29) is 12.4 Å². The van der Waals surface area contributed by atoms with Crippen LogP contribution >= 0.6 is 11.8 Å². The molecule has 0 unspecified atom stereocenters. The van der Waals surface area contributed by atoms with Crippen LogP contribution in [0.15, 0.2) is 0 Å². The smallest absolute Gasteiger partial charge is 0.302 e. The van der Waals surface area contributed by atoms with Gasteiger partial charge in [0.25, 0.3) is 11.0 Å². The van der Waals surface area contributed by atoms with Crippen LogP contribution < -0.4 is 5.73 Å². The Hall–Kier alpha value is -1.04. The van der Waals surface area contributed by atoms with Crippen molar-refractivity contribution in [3.8, 4) is 0 Å². The SMILES string of the molecule is CC(=O)OCCSC(=O)C(N)=O. The summed E-state index contributed by atoms with van der Waals surface area (Å²) in [6.45, 7) is 1.37. The van der Waals surface area contributed by atoms with Crippen LogP contribution in [0.25, 0.3) is 0 Å². The fraction of sp³-hybridized carbons (Fsp3) is 0.500. The molecule has 0 aliphatic heterocycles. The molecule has 0 aromatic heterocycles. The summed E-state index contributed by atoms with van der Waals surface area (Å²) >= 11 is 0.736. The van der Waals surface area contributed by atoms with Crippen molar-refractivity contribution in [3.63, 3.8) is 0 Å². The second-order valence-corrected chi connectivity index (χ2v) is 2.91. The van der Waals surface area contributed by atoms with E-state index in [9.17, 15) is 14.4 Å². The average Bonchev–Trinajstić information content (AvgIpc) is 1.97. The van der Waals surface area contributed by atoms with E-state index in [4.69, 9.17) is 0 Å². The minimum Gasteiger partial charge on any atom is -0.465 e. The first-order chi connectivity index (χ1) is 5.54. The quantitative estimate of drug-likeness (QED) is 0.362. The van der Waals surface area contributed by atoms with Crippen LogP contribution in [0.4, 0.5) is 0 Å². The lowest BCUT2D eigenvalue weighted by molar-refractivity contribution is -0.140. The van der Waals surface area contributed by atoms with Gasteiger partial charge < -0.3 is 10.5 Å². The number of carbonyl (C=O) groups excluding carboxylic acids is 3. The van der Waals surface area contributed by atoms with Crippen LogP contribution in [0.3, 0.4) is 0 Å². The van der Waals surface area contributed by atoms with Crippen LogP contribution in [-0.2, 0) is 19.1 Å². The van der Waals surface area contributed by atoms with Gasteiger partial charge in [-0.15, -0.1) is 0 Å². The molecule has 68 valence electrons. The maximum Gasteiger partial charge on any atom is 0.302 e. The maximum atomic E-state index is 10.5. The number of thioether (sulfide) groups is 1. The van der Waals surface area contributed by atoms with E-state index in [0.29, 0.717) is 0 Å². The predicted octanol–water partition coefficient (Wildman–Crippen LogP) is -0.705. The number of amides is 1. The number of hydrogen-bond donors (Lipinski definition) is 1. The van der Waals surface area contributed by atoms with Gasteiger partial charge in [0.15, 0.2) is 0 Å². The molecule has 12 heavy (non-hydrogen) atoms. The molecule has 6 heteroatoms. The van der Waals surface area contributed by atoms with Gasteiger partial charge in [0.1, 0.15) is 6.61 Å². The van der Waals surface area contributed by atoms with Gasteiger partial charge in [0.2, 0.25) is 0 Å². The summed E-state index contributed by atoms with van der Waals surface area (Å²) < 4.78 is 4.51. The number of rotatable bonds is 3. The van der Waals surface area contributed by atoms with Crippen LogP contribution in [0.1, 0.15) is 6.92 Å². The predicted molar refractivity (Wildman–Crippen MR) is 43.3 cm³/mol. The van der Waals surface area contributed by atoms with Crippen LogP contribution in [0.2, 0.25) is 0 Å². The third-order valence-corrected chi connectivity index (χ3v) is 1.66. The average molecular weight is 191 g/mol. The summed E-state index contributed by atoms with van der Waals surface area (Å²) in [6, 6.07) is 0. The Kier molecular flexibility index (Phi) is 5.11. The molecule has 5 nitrogen and oxygen atoms in total. The van der Waals surface area contributed by atoms with Gasteiger partial charge in [-0.2, -0.15) is 0 Å². The Morgan fingerprint density at radius 3 is 2.42 bits per heavy atom. The van der Waals surface area contributed by atoms with Gasteiger partial charge in [0, 0.05) is 12.7 Å². The second kappa shape index (κ2) is 5.59. The molecule has 2 N–H and O–H groups in total. The highest BCUT2D eigenvalue weighted by atomic mass is 32.2. The summed E-state index contributed by atoms with van der Waals surface area (Å²) in [5.74, 6) is -1.15. The van der Waals surface area contributed by atoms with Crippen molar-refractivity contribution in [2.75, 3.05) is 12.4 Å². The summed E-state index contributed by atoms with van der Waals surface area (Å²) in [6.07, 6.45) is 0. The van der Waals surface area contributed by atoms with Crippen molar-refractivity contribution in [1.29, 1.82) is 0 Å². The first-order valence-electron chi connectivity index (χ1n) is 3.14. The largest absolute Gasteiger partial charge is 0.465 e. The van der Waals surface area contributed by atoms with E-state index < -0.39 is 17.0 Å². The van der Waals surface area contributed by atoms with E-state index in [1.165, 1.54) is 6.92 Å². The molecule has 0 aromatic carbocycles. The summed E-state index contributed by atoms with van der Waals surface area (Å²) in [7, 11) is 0. The molecule has 0 radical (unpaired) electrons. The summed E-state index contributed by atoms with van der Waals surface area (Å²) in [4.78, 5) is 30.9. The standard InChI is InChI=1S/C6H9NO4S/c1-4(8)11-2-3-12-6(10)5(7)9/h2-3H2,1H3,(H2,7,9). The lowest BCUT2D eigenvalue weighted by Crippen LogP contribution is -2.20. The van der Waals surface area contributed by atoms with Gasteiger partial charge in [-0.3, -0.25) is 14.4 Å². The Morgan fingerprint density at radius 2 is 2.00 bits per heavy atom. The van der Waals surface area contributed by atoms with Crippen molar-refractivity contribution in [3.05, 3.63) is 0 Å². The molecule has 0 spiro atoms. The van der Waals surface area contributed by atoms with Crippen LogP contribution in [0, 0.1) is 0 Å². The minimum absolute atomic E-state index is 0.110. The lowest BCUT2D eigenvalue weighted by atomic mass is 10.7. The van der Waals surface area contributed by atoms with Gasteiger partial charge in [0.05, 0.1) is 0 Å². The molecule has 0 bridgehead atoms. The number of ether oxygens (including phenoxy) is 1. The number of primary amides is 1. The number of nitrogens with two attached hydrogens (primary N) is 1. The zero-order valence-corrected chi connectivity index (χ0v) is 7.35. The van der Waals surface area contributed by atoms with E-state index in [1.54, 1.807) is 0 Å². The number of esters is 1. The van der Waals surface area contributed by atoms with Gasteiger partial charge in [-0.25, -0.2) is 0 Å². The molecule has 1 amide bonds. The van der Waals surface area contributed by atoms with E-state index in [1.807, 2.05) is 0 Å². The van der Waals surface area contributed by atoms with Crippen molar-refractivity contribution in [2.45, 2.75) is 6.92 Å². The monoisotopic (exact) mass is 191 g/mol. The third-order valence-electron chi connectivity index (χ3n) is 0.823. The minimum atomic E-state index is -0.983. The highest BCUT2D eigenvalue weighted by Gasteiger charge is 2.08. The Balaban J connectivity index is 3.38. The molecule has 0 heterocycles. The van der Waals surface area contributed by atoms with Crippen LogP contribution in [-0.4, -0.2) is 29.4 Å². The fourth-order valence-corrected chi connectivity index (χ4v) is 0.885. The second-order valence-electron chi connectivity index (χ2n) is 1.84. The molecule has 0 rings (SSSR count). The molecule has 0 aromatic rings. The van der Waals surface area contributed by atoms with Crippen molar-refractivity contribution in [1.82, 2.24) is 0 Å². The zero-order valence-electron chi connectivity index (χ0n) is 6.53. The Bertz CT molecular complexity index is 204. The molecule has 0 saturated heterocycles. The van der Waals surface area contributed by atoms with E-state index in [2.05, 4.69) is 10.5 Å². The summed E-state index contributed by atoms with van der Waals surface area (Å²) in [5, 5.41) is -0.720. The van der Waals surface area contributed by atoms with Crippen LogP contribution in [0.5, 0.6) is 0 Å². The van der Waals surface area contributed by atoms with E-state index >= 15 is 0 Å². The molecule has 0 atom stereocenters. The molecular weight excluding hydrogens is 182 g/mol. The van der Waals surface area contributed by atoms with Crippen molar-refractivity contribution in [2.24, 2.45) is 5.73 Å². The van der Waals surface area contributed by atoms with Gasteiger partial charge >= 0.3 is 5.97 Å². The molecule has 0 saturated carbocycles. The molecular formula is C6H9NO4S. The van der Waals surface area contributed by atoms with Crippen molar-refractivity contribution >= 4 is 28.8 Å². The maximum absolute atomic E-state index is 10.5. The molecule has 0 fully saturated rings.